The van der Waals surface area contributed by atoms with Crippen LogP contribution in [0.4, 0.5) is 4.39 Å². The summed E-state index contributed by atoms with van der Waals surface area (Å²) in [5.41, 5.74) is 3.51. The molecule has 0 bridgehead atoms. The quantitative estimate of drug-likeness (QED) is 0.221. The van der Waals surface area contributed by atoms with E-state index in [2.05, 4.69) is 18.2 Å². The Kier molecular flexibility index (Phi) is 9.82. The number of carbonyl (C=O) groups is 1. The van der Waals surface area contributed by atoms with Gasteiger partial charge in [-0.15, -0.1) is 0 Å². The number of nitrogens with zero attached hydrogens (tertiary/aromatic N) is 1. The molecule has 4 rings (SSSR count). The predicted octanol–water partition coefficient (Wildman–Crippen LogP) is 9.42. The minimum Gasteiger partial charge on any atom is -0.460 e. The Labute approximate surface area is 256 Å². The summed E-state index contributed by atoms with van der Waals surface area (Å²) in [4.78, 5) is 18.0. The molecule has 232 valence electrons. The van der Waals surface area contributed by atoms with Gasteiger partial charge in [-0.25, -0.2) is 4.39 Å². The van der Waals surface area contributed by atoms with Gasteiger partial charge in [-0.05, 0) is 98.9 Å². The highest BCUT2D eigenvalue weighted by Gasteiger charge is 2.31. The lowest BCUT2D eigenvalue weighted by molar-refractivity contribution is -0.162. The average molecular weight is 590 g/mol. The van der Waals surface area contributed by atoms with Crippen LogP contribution >= 0.6 is 0 Å². The lowest BCUT2D eigenvalue weighted by Gasteiger charge is -2.32. The molecule has 2 atom stereocenters. The highest BCUT2D eigenvalue weighted by atomic mass is 19.1. The van der Waals surface area contributed by atoms with Crippen molar-refractivity contribution in [3.8, 4) is 11.1 Å². The maximum atomic E-state index is 14.0. The molecule has 0 aliphatic heterocycles. The third-order valence-corrected chi connectivity index (χ3v) is 6.87. The highest BCUT2D eigenvalue weighted by molar-refractivity contribution is 5.99. The number of fused-ring (bicyclic) bond motifs is 1. The van der Waals surface area contributed by atoms with Crippen molar-refractivity contribution in [2.45, 2.75) is 123 Å². The van der Waals surface area contributed by atoms with E-state index in [-0.39, 0.29) is 24.3 Å². The second-order valence-corrected chi connectivity index (χ2v) is 14.6. The summed E-state index contributed by atoms with van der Waals surface area (Å²) in [6, 6.07) is 14.8. The Balaban J connectivity index is 1.77. The van der Waals surface area contributed by atoms with Crippen LogP contribution in [-0.4, -0.2) is 40.0 Å². The van der Waals surface area contributed by atoms with Gasteiger partial charge in [0.15, 0.2) is 0 Å². The van der Waals surface area contributed by atoms with Gasteiger partial charge >= 0.3 is 5.97 Å². The predicted molar refractivity (Wildman–Crippen MR) is 172 cm³/mol. The Morgan fingerprint density at radius 1 is 0.907 bits per heavy atom. The summed E-state index contributed by atoms with van der Waals surface area (Å²) in [7, 11) is 0. The smallest absolute Gasteiger partial charge is 0.308 e. The van der Waals surface area contributed by atoms with E-state index in [1.54, 1.807) is 0 Å². The number of halogens is 1. The summed E-state index contributed by atoms with van der Waals surface area (Å²) in [6.07, 6.45) is 6.19. The third kappa shape index (κ3) is 9.97. The Bertz CT molecular complexity index is 1440. The van der Waals surface area contributed by atoms with Crippen LogP contribution in [0.15, 0.2) is 54.6 Å². The van der Waals surface area contributed by atoms with Crippen molar-refractivity contribution in [2.75, 3.05) is 0 Å². The van der Waals surface area contributed by atoms with Gasteiger partial charge in [0.25, 0.3) is 0 Å². The van der Waals surface area contributed by atoms with Crippen LogP contribution in [0.3, 0.4) is 0 Å². The second-order valence-electron chi connectivity index (χ2n) is 14.6. The van der Waals surface area contributed by atoms with E-state index in [4.69, 9.17) is 19.2 Å². The number of ether oxygens (including phenoxy) is 3. The molecule has 1 aromatic heterocycles. The van der Waals surface area contributed by atoms with E-state index >= 15 is 0 Å². The molecular weight excluding hydrogens is 541 g/mol. The van der Waals surface area contributed by atoms with Gasteiger partial charge in [-0.1, -0.05) is 42.5 Å². The largest absolute Gasteiger partial charge is 0.460 e. The molecule has 43 heavy (non-hydrogen) atoms. The summed E-state index contributed by atoms with van der Waals surface area (Å²) in [5, 5.41) is 1.02. The topological polar surface area (TPSA) is 57.7 Å². The number of aromatic nitrogens is 1. The lowest BCUT2D eigenvalue weighted by Crippen LogP contribution is -2.36. The van der Waals surface area contributed by atoms with Crippen molar-refractivity contribution in [1.82, 2.24) is 4.98 Å². The van der Waals surface area contributed by atoms with Crippen molar-refractivity contribution in [1.29, 1.82) is 0 Å². The van der Waals surface area contributed by atoms with Crippen LogP contribution in [0, 0.1) is 5.82 Å². The molecule has 6 heteroatoms. The second kappa shape index (κ2) is 12.9. The van der Waals surface area contributed by atoms with Crippen LogP contribution in [0.2, 0.25) is 0 Å². The van der Waals surface area contributed by atoms with Gasteiger partial charge < -0.3 is 14.2 Å². The fourth-order valence-electron chi connectivity index (χ4n) is 5.33. The molecule has 0 N–H and O–H groups in total. The van der Waals surface area contributed by atoms with Crippen molar-refractivity contribution in [3.63, 3.8) is 0 Å². The number of hydrogen-bond donors (Lipinski definition) is 0. The standard InChI is InChI=1S/C37H48FNO4/c1-35(2,3)41-27(22-28(42-36(4,5)6)23-32(40)43-37(7,8)9)20-21-30-33(24-16-18-26(38)19-17-24)29-12-10-11-13-31(29)39-34(30)25-14-15-25/h10-13,16-21,25,27-28H,14-15,22-23H2,1-9H3/b21-20+. The first kappa shape index (κ1) is 32.8. The highest BCUT2D eigenvalue weighted by Crippen LogP contribution is 2.45. The first-order valence-electron chi connectivity index (χ1n) is 15.4. The molecule has 2 unspecified atom stereocenters. The van der Waals surface area contributed by atoms with E-state index in [0.29, 0.717) is 12.3 Å². The minimum absolute atomic E-state index is 0.123. The van der Waals surface area contributed by atoms with Crippen molar-refractivity contribution >= 4 is 22.9 Å². The molecule has 3 aromatic rings. The number of carbonyl (C=O) groups excluding carboxylic acids is 1. The molecule has 1 aliphatic carbocycles. The van der Waals surface area contributed by atoms with Crippen molar-refractivity contribution in [2.24, 2.45) is 0 Å². The van der Waals surface area contributed by atoms with E-state index in [1.165, 1.54) is 12.1 Å². The molecule has 1 heterocycles. The molecule has 0 radical (unpaired) electrons. The summed E-state index contributed by atoms with van der Waals surface area (Å²) in [6.45, 7) is 17.6. The first-order chi connectivity index (χ1) is 20.0. The molecular formula is C37H48FNO4. The first-order valence-corrected chi connectivity index (χ1v) is 15.4. The van der Waals surface area contributed by atoms with Gasteiger partial charge in [0.05, 0.1) is 41.0 Å². The maximum Gasteiger partial charge on any atom is 0.308 e. The van der Waals surface area contributed by atoms with E-state index in [0.717, 1.165) is 46.1 Å². The molecule has 2 aromatic carbocycles. The zero-order chi connectivity index (χ0) is 31.6. The maximum absolute atomic E-state index is 14.0. The van der Waals surface area contributed by atoms with Crippen LogP contribution < -0.4 is 0 Å². The van der Waals surface area contributed by atoms with Crippen LogP contribution in [0.5, 0.6) is 0 Å². The van der Waals surface area contributed by atoms with Gasteiger partial charge in [0, 0.05) is 28.9 Å². The van der Waals surface area contributed by atoms with Crippen LogP contribution in [-0.2, 0) is 19.0 Å². The number of esters is 1. The van der Waals surface area contributed by atoms with Crippen molar-refractivity contribution < 1.29 is 23.4 Å². The zero-order valence-electron chi connectivity index (χ0n) is 27.3. The van der Waals surface area contributed by atoms with Crippen molar-refractivity contribution in [3.05, 3.63) is 71.7 Å². The Hall–Kier alpha value is -3.09. The van der Waals surface area contributed by atoms with Crippen LogP contribution in [0.25, 0.3) is 28.1 Å². The third-order valence-electron chi connectivity index (χ3n) is 6.87. The van der Waals surface area contributed by atoms with E-state index in [1.807, 2.05) is 92.6 Å². The Morgan fingerprint density at radius 2 is 1.53 bits per heavy atom. The normalized spacial score (nSPS) is 16.0. The van der Waals surface area contributed by atoms with Gasteiger partial charge in [0.1, 0.15) is 11.4 Å². The molecule has 1 fully saturated rings. The molecule has 0 amide bonds. The zero-order valence-corrected chi connectivity index (χ0v) is 27.3. The average Bonchev–Trinajstić information content (AvgIpc) is 3.69. The summed E-state index contributed by atoms with van der Waals surface area (Å²) >= 11 is 0. The van der Waals surface area contributed by atoms with E-state index in [9.17, 15) is 9.18 Å². The number of pyridine rings is 1. The summed E-state index contributed by atoms with van der Waals surface area (Å²) in [5.74, 6) is -0.182. The molecule has 1 aliphatic rings. The number of para-hydroxylation sites is 1. The molecule has 0 saturated heterocycles. The Morgan fingerprint density at radius 3 is 2.12 bits per heavy atom. The van der Waals surface area contributed by atoms with Gasteiger partial charge in [0.2, 0.25) is 0 Å². The molecule has 1 saturated carbocycles. The molecule has 0 spiro atoms. The fraction of sp³-hybridized carbons (Fsp3) is 0.514. The lowest BCUT2D eigenvalue weighted by atomic mass is 9.92. The minimum atomic E-state index is -0.580. The van der Waals surface area contributed by atoms with Gasteiger partial charge in [-0.3, -0.25) is 9.78 Å². The summed E-state index contributed by atoms with van der Waals surface area (Å²) < 4.78 is 32.6. The van der Waals surface area contributed by atoms with E-state index < -0.39 is 22.9 Å². The fourth-order valence-corrected chi connectivity index (χ4v) is 5.33. The number of benzene rings is 2. The molecule has 5 nitrogen and oxygen atoms in total. The monoisotopic (exact) mass is 589 g/mol. The van der Waals surface area contributed by atoms with Gasteiger partial charge in [-0.2, -0.15) is 0 Å². The SMILES string of the molecule is CC(C)(C)OC(=O)CC(CC(/C=C/c1c(C2CC2)nc2ccccc2c1-c1ccc(F)cc1)OC(C)(C)C)OC(C)(C)C. The number of rotatable bonds is 10. The van der Waals surface area contributed by atoms with Crippen LogP contribution in [0.1, 0.15) is 105 Å². The number of hydrogen-bond acceptors (Lipinski definition) is 5.